The fraction of sp³-hybridized carbons (Fsp3) is 0.158. The van der Waals surface area contributed by atoms with Crippen molar-refractivity contribution in [2.24, 2.45) is 10.2 Å². The molecule has 0 saturated carbocycles. The summed E-state index contributed by atoms with van der Waals surface area (Å²) in [5.74, 6) is -1.17. The minimum Gasteiger partial charge on any atom is -0.507 e. The highest BCUT2D eigenvalue weighted by Crippen LogP contribution is 2.34. The van der Waals surface area contributed by atoms with Crippen LogP contribution < -0.4 is 10.6 Å². The molecule has 0 unspecified atom stereocenters. The van der Waals surface area contributed by atoms with Crippen molar-refractivity contribution >= 4 is 52.2 Å². The van der Waals surface area contributed by atoms with Gasteiger partial charge in [0.2, 0.25) is 11.8 Å². The number of hydrogen-bond acceptors (Lipinski definition) is 6. The molecule has 31 heavy (non-hydrogen) atoms. The molecule has 2 aromatic carbocycles. The lowest BCUT2D eigenvalue weighted by Crippen LogP contribution is -2.28. The number of amides is 2. The summed E-state index contributed by atoms with van der Waals surface area (Å²) < 4.78 is 38.5. The molecule has 0 aromatic heterocycles. The van der Waals surface area contributed by atoms with Gasteiger partial charge in [0.05, 0.1) is 22.5 Å². The van der Waals surface area contributed by atoms with E-state index in [9.17, 15) is 27.9 Å². The summed E-state index contributed by atoms with van der Waals surface area (Å²) in [6, 6.07) is 9.00. The van der Waals surface area contributed by atoms with Crippen LogP contribution in [0.25, 0.3) is 0 Å². The Morgan fingerprint density at radius 3 is 2.74 bits per heavy atom. The lowest BCUT2D eigenvalue weighted by Gasteiger charge is -2.12. The summed E-state index contributed by atoms with van der Waals surface area (Å²) in [4.78, 5) is 24.3. The first-order valence-corrected chi connectivity index (χ1v) is 9.92. The van der Waals surface area contributed by atoms with Crippen molar-refractivity contribution in [2.45, 2.75) is 17.8 Å². The number of halogens is 4. The van der Waals surface area contributed by atoms with Crippen LogP contribution in [0.3, 0.4) is 0 Å². The number of hydrogen-bond donors (Lipinski definition) is 3. The van der Waals surface area contributed by atoms with Gasteiger partial charge in [-0.2, -0.15) is 18.3 Å². The lowest BCUT2D eigenvalue weighted by molar-refractivity contribution is -0.137. The Morgan fingerprint density at radius 1 is 1.29 bits per heavy atom. The van der Waals surface area contributed by atoms with E-state index in [1.165, 1.54) is 12.3 Å². The van der Waals surface area contributed by atoms with Crippen molar-refractivity contribution in [2.75, 3.05) is 5.32 Å². The molecule has 0 radical (unpaired) electrons. The molecule has 2 aromatic rings. The molecular weight excluding hydrogens is 457 g/mol. The van der Waals surface area contributed by atoms with Gasteiger partial charge in [0.15, 0.2) is 5.17 Å². The molecule has 1 heterocycles. The molecule has 162 valence electrons. The Kier molecular flexibility index (Phi) is 6.86. The lowest BCUT2D eigenvalue weighted by atomic mass is 10.2. The zero-order valence-corrected chi connectivity index (χ0v) is 17.1. The topological polar surface area (TPSA) is 103 Å². The Hall–Kier alpha value is -3.05. The number of carbonyl (C=O) groups is 2. The van der Waals surface area contributed by atoms with Crippen LogP contribution in [0.4, 0.5) is 18.9 Å². The summed E-state index contributed by atoms with van der Waals surface area (Å²) in [7, 11) is 0. The van der Waals surface area contributed by atoms with E-state index in [1.54, 1.807) is 18.2 Å². The third-order valence-electron chi connectivity index (χ3n) is 4.00. The highest BCUT2D eigenvalue weighted by atomic mass is 35.5. The van der Waals surface area contributed by atoms with Gasteiger partial charge in [-0.05, 0) is 30.3 Å². The number of alkyl halides is 3. The molecule has 2 amide bonds. The molecule has 1 saturated heterocycles. The molecule has 3 rings (SSSR count). The molecule has 3 N–H and O–H groups in total. The molecule has 1 aliphatic rings. The summed E-state index contributed by atoms with van der Waals surface area (Å²) in [6.07, 6.45) is -3.61. The van der Waals surface area contributed by atoms with Gasteiger partial charge in [0.25, 0.3) is 0 Å². The standard InChI is InChI=1S/C19H14ClF3N4O3S/c20-12-6-5-11(19(21,22)23)7-13(12)25-16(29)8-15-17(30)26-18(31-15)27-24-9-10-3-1-2-4-14(10)28/h1-7,9,15,28H,8H2,(H,25,29)(H,26,27,30)/b24-9-/t15-/m0/s1. The van der Waals surface area contributed by atoms with Gasteiger partial charge in [-0.25, -0.2) is 0 Å². The van der Waals surface area contributed by atoms with E-state index in [4.69, 9.17) is 11.6 Å². The van der Waals surface area contributed by atoms with Gasteiger partial charge >= 0.3 is 6.18 Å². The van der Waals surface area contributed by atoms with Gasteiger partial charge in [-0.1, -0.05) is 35.5 Å². The summed E-state index contributed by atoms with van der Waals surface area (Å²) in [6.45, 7) is 0. The first-order chi connectivity index (χ1) is 14.6. The van der Waals surface area contributed by atoms with E-state index >= 15 is 0 Å². The van der Waals surface area contributed by atoms with E-state index in [1.807, 2.05) is 0 Å². The Balaban J connectivity index is 1.61. The zero-order chi connectivity index (χ0) is 22.6. The SMILES string of the molecule is O=C(C[C@@H]1S/C(=N/N=C\c2ccccc2O)NC1=O)Nc1cc(C(F)(F)F)ccc1Cl. The van der Waals surface area contributed by atoms with Crippen LogP contribution in [0.2, 0.25) is 5.02 Å². The molecule has 12 heteroatoms. The fourth-order valence-corrected chi connectivity index (χ4v) is 3.58. The highest BCUT2D eigenvalue weighted by molar-refractivity contribution is 8.15. The number of phenols is 1. The Morgan fingerprint density at radius 2 is 2.03 bits per heavy atom. The largest absolute Gasteiger partial charge is 0.507 e. The number of aromatic hydroxyl groups is 1. The van der Waals surface area contributed by atoms with Crippen molar-refractivity contribution in [3.63, 3.8) is 0 Å². The zero-order valence-electron chi connectivity index (χ0n) is 15.5. The molecule has 1 fully saturated rings. The van der Waals surface area contributed by atoms with Crippen LogP contribution in [0.15, 0.2) is 52.7 Å². The molecule has 7 nitrogen and oxygen atoms in total. The van der Waals surface area contributed by atoms with Crippen LogP contribution in [0.5, 0.6) is 5.75 Å². The second-order valence-electron chi connectivity index (χ2n) is 6.25. The molecule has 1 atom stereocenters. The molecule has 0 aliphatic carbocycles. The third-order valence-corrected chi connectivity index (χ3v) is 5.40. The van der Waals surface area contributed by atoms with E-state index in [-0.39, 0.29) is 28.0 Å². The Bertz CT molecular complexity index is 1080. The number of carbonyl (C=O) groups excluding carboxylic acids is 2. The minimum absolute atomic E-state index is 0.0114. The molecule has 1 aliphatic heterocycles. The van der Waals surface area contributed by atoms with Gasteiger partial charge < -0.3 is 15.7 Å². The fourth-order valence-electron chi connectivity index (χ4n) is 2.49. The number of para-hydroxylation sites is 1. The number of anilines is 1. The van der Waals surface area contributed by atoms with Gasteiger partial charge in [0.1, 0.15) is 11.0 Å². The second kappa shape index (κ2) is 9.40. The normalized spacial score (nSPS) is 17.9. The maximum absolute atomic E-state index is 12.8. The summed E-state index contributed by atoms with van der Waals surface area (Å²) in [5, 5.41) is 21.3. The number of amidine groups is 1. The van der Waals surface area contributed by atoms with Crippen LogP contribution in [0.1, 0.15) is 17.5 Å². The maximum atomic E-state index is 12.8. The third kappa shape index (κ3) is 5.98. The van der Waals surface area contributed by atoms with Crippen LogP contribution in [0, 0.1) is 0 Å². The number of nitrogens with one attached hydrogen (secondary N) is 2. The summed E-state index contributed by atoms with van der Waals surface area (Å²) >= 11 is 6.81. The summed E-state index contributed by atoms with van der Waals surface area (Å²) in [5.41, 5.74) is -0.738. The smallest absolute Gasteiger partial charge is 0.416 e. The first-order valence-electron chi connectivity index (χ1n) is 8.66. The van der Waals surface area contributed by atoms with Crippen molar-refractivity contribution in [3.8, 4) is 5.75 Å². The minimum atomic E-state index is -4.59. The van der Waals surface area contributed by atoms with Crippen LogP contribution >= 0.6 is 23.4 Å². The Labute approximate surface area is 183 Å². The quantitative estimate of drug-likeness (QED) is 0.453. The number of nitrogens with zero attached hydrogens (tertiary/aromatic N) is 2. The number of benzene rings is 2. The van der Waals surface area contributed by atoms with Gasteiger partial charge in [0, 0.05) is 12.0 Å². The van der Waals surface area contributed by atoms with Gasteiger partial charge in [-0.15, -0.1) is 5.10 Å². The van der Waals surface area contributed by atoms with Crippen molar-refractivity contribution in [1.29, 1.82) is 0 Å². The predicted molar refractivity (Wildman–Crippen MR) is 112 cm³/mol. The number of thioether (sulfide) groups is 1. The van der Waals surface area contributed by atoms with E-state index in [0.717, 1.165) is 30.0 Å². The van der Waals surface area contributed by atoms with Gasteiger partial charge in [-0.3, -0.25) is 9.59 Å². The molecule has 0 spiro atoms. The van der Waals surface area contributed by atoms with Crippen molar-refractivity contribution in [1.82, 2.24) is 5.32 Å². The van der Waals surface area contributed by atoms with Crippen LogP contribution in [-0.2, 0) is 15.8 Å². The van der Waals surface area contributed by atoms with E-state index in [2.05, 4.69) is 20.8 Å². The van der Waals surface area contributed by atoms with Crippen LogP contribution in [-0.4, -0.2) is 33.6 Å². The monoisotopic (exact) mass is 470 g/mol. The average molecular weight is 471 g/mol. The van der Waals surface area contributed by atoms with E-state index in [0.29, 0.717) is 5.56 Å². The number of phenolic OH excluding ortho intramolecular Hbond substituents is 1. The van der Waals surface area contributed by atoms with E-state index < -0.39 is 28.8 Å². The molecule has 0 bridgehead atoms. The van der Waals surface area contributed by atoms with Crippen molar-refractivity contribution < 1.29 is 27.9 Å². The maximum Gasteiger partial charge on any atom is 0.416 e. The average Bonchev–Trinajstić information content (AvgIpc) is 3.03. The second-order valence-corrected chi connectivity index (χ2v) is 7.85. The number of rotatable bonds is 5. The molecular formula is C19H14ClF3N4O3S. The van der Waals surface area contributed by atoms with Crippen molar-refractivity contribution in [3.05, 3.63) is 58.6 Å². The first kappa shape index (κ1) is 22.6. The highest BCUT2D eigenvalue weighted by Gasteiger charge is 2.33. The predicted octanol–water partition coefficient (Wildman–Crippen LogP) is 4.01.